The largest absolute Gasteiger partial charge is 0.327 e. The fourth-order valence-electron chi connectivity index (χ4n) is 3.41. The molecule has 114 valence electrons. The number of aromatic nitrogens is 2. The van der Waals surface area contributed by atoms with E-state index in [0.717, 1.165) is 48.7 Å². The lowest BCUT2D eigenvalue weighted by molar-refractivity contribution is 0.286. The Morgan fingerprint density at radius 3 is 3.00 bits per heavy atom. The lowest BCUT2D eigenvalue weighted by Gasteiger charge is -2.29. The van der Waals surface area contributed by atoms with Gasteiger partial charge >= 0.3 is 0 Å². The van der Waals surface area contributed by atoms with Crippen molar-refractivity contribution in [3.8, 4) is 0 Å². The fourth-order valence-corrected chi connectivity index (χ4v) is 3.41. The van der Waals surface area contributed by atoms with Gasteiger partial charge in [0, 0.05) is 12.6 Å². The molecule has 3 rings (SSSR count). The molecule has 1 aliphatic rings. The minimum absolute atomic E-state index is 0.210. The molecule has 21 heavy (non-hydrogen) atoms. The lowest BCUT2D eigenvalue weighted by atomic mass is 9.90. The third kappa shape index (κ3) is 2.82. The van der Waals surface area contributed by atoms with Crippen molar-refractivity contribution in [1.29, 1.82) is 0 Å². The smallest absolute Gasteiger partial charge is 0.127 e. The zero-order valence-corrected chi connectivity index (χ0v) is 12.9. The number of rotatable bonds is 4. The van der Waals surface area contributed by atoms with E-state index >= 15 is 0 Å². The molecule has 0 saturated carbocycles. The molecule has 4 heteroatoms. The van der Waals surface area contributed by atoms with Crippen molar-refractivity contribution in [1.82, 2.24) is 14.9 Å². The molecule has 0 amide bonds. The maximum atomic E-state index is 13.5. The van der Waals surface area contributed by atoms with E-state index in [-0.39, 0.29) is 5.82 Å². The first-order valence-corrected chi connectivity index (χ1v) is 8.12. The van der Waals surface area contributed by atoms with Gasteiger partial charge in [-0.05, 0) is 43.9 Å². The van der Waals surface area contributed by atoms with Gasteiger partial charge in [-0.1, -0.05) is 20.3 Å². The summed E-state index contributed by atoms with van der Waals surface area (Å²) in [4.78, 5) is 4.74. The second kappa shape index (κ2) is 6.14. The predicted molar refractivity (Wildman–Crippen MR) is 83.7 cm³/mol. The highest BCUT2D eigenvalue weighted by atomic mass is 19.1. The van der Waals surface area contributed by atoms with E-state index < -0.39 is 0 Å². The highest BCUT2D eigenvalue weighted by Gasteiger charge is 2.26. The van der Waals surface area contributed by atoms with Gasteiger partial charge in [0.05, 0.1) is 17.1 Å². The maximum Gasteiger partial charge on any atom is 0.127 e. The van der Waals surface area contributed by atoms with E-state index in [9.17, 15) is 4.39 Å². The Bertz CT molecular complexity index is 620. The van der Waals surface area contributed by atoms with Crippen molar-refractivity contribution < 1.29 is 4.39 Å². The summed E-state index contributed by atoms with van der Waals surface area (Å²) in [5.74, 6) is 1.64. The van der Waals surface area contributed by atoms with Gasteiger partial charge in [0.2, 0.25) is 0 Å². The third-order valence-corrected chi connectivity index (χ3v) is 4.59. The van der Waals surface area contributed by atoms with Crippen LogP contribution >= 0.6 is 0 Å². The number of fused-ring (bicyclic) bond motifs is 1. The van der Waals surface area contributed by atoms with Gasteiger partial charge in [-0.25, -0.2) is 9.37 Å². The molecule has 1 aromatic heterocycles. The molecule has 2 aromatic rings. The Morgan fingerprint density at radius 1 is 1.38 bits per heavy atom. The Hall–Kier alpha value is -1.42. The van der Waals surface area contributed by atoms with Gasteiger partial charge in [0.1, 0.15) is 11.6 Å². The first-order valence-electron chi connectivity index (χ1n) is 8.12. The van der Waals surface area contributed by atoms with Crippen molar-refractivity contribution >= 4 is 11.0 Å². The summed E-state index contributed by atoms with van der Waals surface area (Å²) in [6.45, 7) is 6.42. The second-order valence-corrected chi connectivity index (χ2v) is 6.06. The van der Waals surface area contributed by atoms with E-state index in [0.29, 0.717) is 6.04 Å². The van der Waals surface area contributed by atoms with Crippen LogP contribution in [-0.4, -0.2) is 16.1 Å². The molecule has 0 radical (unpaired) electrons. The molecular formula is C17H24FN3. The molecule has 3 nitrogen and oxygen atoms in total. The second-order valence-electron chi connectivity index (χ2n) is 6.06. The Labute approximate surface area is 125 Å². The quantitative estimate of drug-likeness (QED) is 0.920. The number of imidazole rings is 1. The molecule has 1 fully saturated rings. The Morgan fingerprint density at radius 2 is 2.24 bits per heavy atom. The zero-order valence-electron chi connectivity index (χ0n) is 12.9. The predicted octanol–water partition coefficient (Wildman–Crippen LogP) is 4.04. The van der Waals surface area contributed by atoms with Crippen molar-refractivity contribution in [2.24, 2.45) is 5.92 Å². The molecule has 0 aliphatic carbocycles. The van der Waals surface area contributed by atoms with Crippen molar-refractivity contribution in [3.63, 3.8) is 0 Å². The van der Waals surface area contributed by atoms with Crippen LogP contribution in [0.4, 0.5) is 4.39 Å². The van der Waals surface area contributed by atoms with E-state index in [2.05, 4.69) is 23.7 Å². The summed E-state index contributed by atoms with van der Waals surface area (Å²) in [5, 5.41) is 3.60. The normalized spacial score (nSPS) is 22.8. The van der Waals surface area contributed by atoms with E-state index in [1.54, 1.807) is 6.07 Å². The number of nitrogens with one attached hydrogen (secondary N) is 1. The molecule has 1 N–H and O–H groups in total. The average molecular weight is 289 g/mol. The van der Waals surface area contributed by atoms with Gasteiger partial charge in [0.15, 0.2) is 0 Å². The number of nitrogens with zero attached hydrogens (tertiary/aromatic N) is 2. The highest BCUT2D eigenvalue weighted by molar-refractivity contribution is 5.76. The number of aryl methyl sites for hydroxylation is 1. The lowest BCUT2D eigenvalue weighted by Crippen LogP contribution is -2.33. The topological polar surface area (TPSA) is 29.9 Å². The van der Waals surface area contributed by atoms with Gasteiger partial charge in [-0.15, -0.1) is 0 Å². The summed E-state index contributed by atoms with van der Waals surface area (Å²) >= 11 is 0. The molecule has 0 spiro atoms. The Balaban J connectivity index is 2.01. The van der Waals surface area contributed by atoms with Crippen LogP contribution in [0.5, 0.6) is 0 Å². The first-order chi connectivity index (χ1) is 10.2. The zero-order chi connectivity index (χ0) is 14.8. The van der Waals surface area contributed by atoms with E-state index in [4.69, 9.17) is 4.98 Å². The first kappa shape index (κ1) is 14.5. The third-order valence-electron chi connectivity index (χ3n) is 4.59. The summed E-state index contributed by atoms with van der Waals surface area (Å²) in [6.07, 6.45) is 4.65. The molecule has 2 unspecified atom stereocenters. The highest BCUT2D eigenvalue weighted by Crippen LogP contribution is 2.31. The van der Waals surface area contributed by atoms with Crippen LogP contribution in [0.2, 0.25) is 0 Å². The number of benzene rings is 1. The fraction of sp³-hybridized carbons (Fsp3) is 0.588. The van der Waals surface area contributed by atoms with Gasteiger partial charge < -0.3 is 9.88 Å². The molecule has 2 atom stereocenters. The molecule has 1 saturated heterocycles. The summed E-state index contributed by atoms with van der Waals surface area (Å²) in [7, 11) is 0. The van der Waals surface area contributed by atoms with Crippen LogP contribution < -0.4 is 5.32 Å². The molecule has 1 aliphatic heterocycles. The van der Waals surface area contributed by atoms with Crippen molar-refractivity contribution in [2.75, 3.05) is 6.54 Å². The number of halogens is 1. The molecule has 2 heterocycles. The van der Waals surface area contributed by atoms with Crippen LogP contribution in [0, 0.1) is 11.7 Å². The van der Waals surface area contributed by atoms with Crippen LogP contribution in [0.1, 0.15) is 51.4 Å². The van der Waals surface area contributed by atoms with E-state index in [1.165, 1.54) is 18.9 Å². The summed E-state index contributed by atoms with van der Waals surface area (Å²) in [5.41, 5.74) is 1.83. The Kier molecular flexibility index (Phi) is 4.24. The van der Waals surface area contributed by atoms with Gasteiger partial charge in [-0.2, -0.15) is 0 Å². The monoisotopic (exact) mass is 289 g/mol. The van der Waals surface area contributed by atoms with Crippen LogP contribution in [-0.2, 0) is 6.54 Å². The molecular weight excluding hydrogens is 265 g/mol. The van der Waals surface area contributed by atoms with Crippen molar-refractivity contribution in [3.05, 3.63) is 29.8 Å². The maximum absolute atomic E-state index is 13.5. The number of piperidine rings is 1. The molecule has 0 bridgehead atoms. The summed E-state index contributed by atoms with van der Waals surface area (Å²) in [6, 6.07) is 5.23. The van der Waals surface area contributed by atoms with E-state index in [1.807, 2.05) is 6.07 Å². The van der Waals surface area contributed by atoms with Crippen LogP contribution in [0.25, 0.3) is 11.0 Å². The average Bonchev–Trinajstić information content (AvgIpc) is 2.85. The standard InChI is InChI=1S/C17H24FN3/c1-3-9-21-16-6-5-13(18)11-14(16)20-17(21)15-10-12(4-2)7-8-19-15/h5-6,11-12,15,19H,3-4,7-10H2,1-2H3. The SMILES string of the molecule is CCCn1c(C2CC(CC)CCN2)nc2cc(F)ccc21. The van der Waals surface area contributed by atoms with Crippen LogP contribution in [0.3, 0.4) is 0 Å². The minimum atomic E-state index is -0.210. The van der Waals surface area contributed by atoms with Gasteiger partial charge in [-0.3, -0.25) is 0 Å². The summed E-state index contributed by atoms with van der Waals surface area (Å²) < 4.78 is 15.7. The van der Waals surface area contributed by atoms with Crippen LogP contribution in [0.15, 0.2) is 18.2 Å². The number of hydrogen-bond donors (Lipinski definition) is 1. The minimum Gasteiger partial charge on any atom is -0.327 e. The van der Waals surface area contributed by atoms with Gasteiger partial charge in [0.25, 0.3) is 0 Å². The van der Waals surface area contributed by atoms with Crippen molar-refractivity contribution in [2.45, 2.75) is 52.1 Å². The molecule has 1 aromatic carbocycles. The number of hydrogen-bond acceptors (Lipinski definition) is 2.